The first kappa shape index (κ1) is 15.6. The lowest BCUT2D eigenvalue weighted by Gasteiger charge is -2.18. The second-order valence-corrected chi connectivity index (χ2v) is 5.85. The van der Waals surface area contributed by atoms with Gasteiger partial charge < -0.3 is 9.88 Å². The fourth-order valence-electron chi connectivity index (χ4n) is 3.04. The summed E-state index contributed by atoms with van der Waals surface area (Å²) in [6.07, 6.45) is 6.11. The van der Waals surface area contributed by atoms with Crippen LogP contribution in [0.2, 0.25) is 0 Å². The standard InChI is InChI=1S/C16H18F2N4O/c1-10(15-21-19-9-22(15)12-4-2-3-5-12)20-16(23)13-8-11(17)6-7-14(13)18/h6-10,12H,2-5H2,1H3,(H,20,23). The molecule has 5 nitrogen and oxygen atoms in total. The second-order valence-electron chi connectivity index (χ2n) is 5.85. The molecule has 1 atom stereocenters. The maximum Gasteiger partial charge on any atom is 0.254 e. The molecule has 122 valence electrons. The zero-order chi connectivity index (χ0) is 16.4. The number of carbonyl (C=O) groups is 1. The van der Waals surface area contributed by atoms with E-state index in [0.29, 0.717) is 11.9 Å². The number of rotatable bonds is 4. The third kappa shape index (κ3) is 3.23. The predicted molar refractivity (Wildman–Crippen MR) is 79.8 cm³/mol. The Balaban J connectivity index is 1.76. The molecule has 0 radical (unpaired) electrons. The van der Waals surface area contributed by atoms with Crippen LogP contribution in [-0.4, -0.2) is 20.7 Å². The maximum atomic E-state index is 13.7. The smallest absolute Gasteiger partial charge is 0.254 e. The molecular weight excluding hydrogens is 302 g/mol. The summed E-state index contributed by atoms with van der Waals surface area (Å²) in [6, 6.07) is 2.69. The van der Waals surface area contributed by atoms with Gasteiger partial charge in [-0.15, -0.1) is 10.2 Å². The predicted octanol–water partition coefficient (Wildman–Crippen LogP) is 3.16. The summed E-state index contributed by atoms with van der Waals surface area (Å²) in [5.74, 6) is -1.45. The van der Waals surface area contributed by atoms with Crippen molar-refractivity contribution in [1.29, 1.82) is 0 Å². The Morgan fingerprint density at radius 2 is 2.09 bits per heavy atom. The first-order valence-corrected chi connectivity index (χ1v) is 7.71. The van der Waals surface area contributed by atoms with Crippen LogP contribution >= 0.6 is 0 Å². The number of nitrogens with one attached hydrogen (secondary N) is 1. The zero-order valence-electron chi connectivity index (χ0n) is 12.8. The first-order chi connectivity index (χ1) is 11.1. The van der Waals surface area contributed by atoms with Crippen LogP contribution in [0.25, 0.3) is 0 Å². The molecule has 1 unspecified atom stereocenters. The molecule has 3 rings (SSSR count). The van der Waals surface area contributed by atoms with Crippen molar-refractivity contribution >= 4 is 5.91 Å². The molecule has 1 N–H and O–H groups in total. The summed E-state index contributed by atoms with van der Waals surface area (Å²) in [5, 5.41) is 10.7. The molecule has 0 saturated heterocycles. The highest BCUT2D eigenvalue weighted by molar-refractivity contribution is 5.94. The molecule has 1 aromatic carbocycles. The van der Waals surface area contributed by atoms with Gasteiger partial charge in [0.25, 0.3) is 5.91 Å². The lowest BCUT2D eigenvalue weighted by molar-refractivity contribution is 0.0932. The van der Waals surface area contributed by atoms with Crippen molar-refractivity contribution in [2.24, 2.45) is 0 Å². The van der Waals surface area contributed by atoms with Crippen LogP contribution in [0.1, 0.15) is 60.9 Å². The van der Waals surface area contributed by atoms with E-state index in [4.69, 9.17) is 0 Å². The zero-order valence-corrected chi connectivity index (χ0v) is 12.8. The summed E-state index contributed by atoms with van der Waals surface area (Å²) in [5.41, 5.74) is -0.316. The lowest BCUT2D eigenvalue weighted by Crippen LogP contribution is -2.30. The molecule has 0 spiro atoms. The molecule has 1 fully saturated rings. The number of benzene rings is 1. The van der Waals surface area contributed by atoms with E-state index >= 15 is 0 Å². The third-order valence-electron chi connectivity index (χ3n) is 4.23. The number of carbonyl (C=O) groups excluding carboxylic acids is 1. The highest BCUT2D eigenvalue weighted by Gasteiger charge is 2.24. The minimum atomic E-state index is -0.756. The SMILES string of the molecule is CC(NC(=O)c1cc(F)ccc1F)c1nncn1C1CCCC1. The van der Waals surface area contributed by atoms with Crippen LogP contribution in [0.15, 0.2) is 24.5 Å². The van der Waals surface area contributed by atoms with Gasteiger partial charge in [-0.25, -0.2) is 8.78 Å². The molecule has 0 aliphatic heterocycles. The average molecular weight is 320 g/mol. The largest absolute Gasteiger partial charge is 0.342 e. The Morgan fingerprint density at radius 3 is 2.83 bits per heavy atom. The monoisotopic (exact) mass is 320 g/mol. The molecule has 1 aliphatic rings. The molecular formula is C16H18F2N4O. The fraction of sp³-hybridized carbons (Fsp3) is 0.438. The van der Waals surface area contributed by atoms with Gasteiger partial charge in [0.05, 0.1) is 11.6 Å². The van der Waals surface area contributed by atoms with Crippen LogP contribution in [-0.2, 0) is 0 Å². The van der Waals surface area contributed by atoms with Crippen molar-refractivity contribution < 1.29 is 13.6 Å². The van der Waals surface area contributed by atoms with Crippen LogP contribution < -0.4 is 5.32 Å². The van der Waals surface area contributed by atoms with E-state index in [-0.39, 0.29) is 5.56 Å². The van der Waals surface area contributed by atoms with Crippen molar-refractivity contribution in [2.45, 2.75) is 44.7 Å². The van der Waals surface area contributed by atoms with Crippen LogP contribution in [0.4, 0.5) is 8.78 Å². The quantitative estimate of drug-likeness (QED) is 0.941. The highest BCUT2D eigenvalue weighted by Crippen LogP contribution is 2.31. The summed E-state index contributed by atoms with van der Waals surface area (Å²) in [4.78, 5) is 12.2. The van der Waals surface area contributed by atoms with Crippen molar-refractivity contribution in [1.82, 2.24) is 20.1 Å². The van der Waals surface area contributed by atoms with E-state index in [1.807, 2.05) is 4.57 Å². The van der Waals surface area contributed by atoms with Crippen LogP contribution in [0.3, 0.4) is 0 Å². The van der Waals surface area contributed by atoms with E-state index in [1.165, 1.54) is 0 Å². The van der Waals surface area contributed by atoms with E-state index in [2.05, 4.69) is 15.5 Å². The van der Waals surface area contributed by atoms with Gasteiger partial charge in [-0.1, -0.05) is 12.8 Å². The average Bonchev–Trinajstić information content (AvgIpc) is 3.19. The molecule has 1 heterocycles. The second kappa shape index (κ2) is 6.44. The highest BCUT2D eigenvalue weighted by atomic mass is 19.1. The van der Waals surface area contributed by atoms with Gasteiger partial charge in [0.15, 0.2) is 5.82 Å². The van der Waals surface area contributed by atoms with Crippen LogP contribution in [0.5, 0.6) is 0 Å². The Bertz CT molecular complexity index is 710. The molecule has 1 amide bonds. The molecule has 1 aromatic heterocycles. The Morgan fingerprint density at radius 1 is 1.35 bits per heavy atom. The summed E-state index contributed by atoms with van der Waals surface area (Å²) < 4.78 is 28.9. The molecule has 23 heavy (non-hydrogen) atoms. The fourth-order valence-corrected chi connectivity index (χ4v) is 3.04. The minimum absolute atomic E-state index is 0.316. The van der Waals surface area contributed by atoms with Gasteiger partial charge in [-0.05, 0) is 38.0 Å². The molecule has 0 bridgehead atoms. The van der Waals surface area contributed by atoms with Gasteiger partial charge in [0.2, 0.25) is 0 Å². The number of hydrogen-bond donors (Lipinski definition) is 1. The van der Waals surface area contributed by atoms with Gasteiger partial charge in [-0.3, -0.25) is 4.79 Å². The van der Waals surface area contributed by atoms with Gasteiger partial charge >= 0.3 is 0 Å². The Kier molecular flexibility index (Phi) is 4.36. The molecule has 1 aliphatic carbocycles. The third-order valence-corrected chi connectivity index (χ3v) is 4.23. The molecule has 2 aromatic rings. The number of amides is 1. The Hall–Kier alpha value is -2.31. The van der Waals surface area contributed by atoms with Gasteiger partial charge in [0, 0.05) is 6.04 Å². The van der Waals surface area contributed by atoms with Gasteiger partial charge in [0.1, 0.15) is 18.0 Å². The number of nitrogens with zero attached hydrogens (tertiary/aromatic N) is 3. The van der Waals surface area contributed by atoms with Gasteiger partial charge in [-0.2, -0.15) is 0 Å². The maximum absolute atomic E-state index is 13.7. The number of hydrogen-bond acceptors (Lipinski definition) is 3. The summed E-state index contributed by atoms with van der Waals surface area (Å²) >= 11 is 0. The minimum Gasteiger partial charge on any atom is -0.342 e. The summed E-state index contributed by atoms with van der Waals surface area (Å²) in [6.45, 7) is 1.75. The van der Waals surface area contributed by atoms with E-state index in [0.717, 1.165) is 43.9 Å². The van der Waals surface area contributed by atoms with Crippen molar-refractivity contribution in [3.05, 3.63) is 47.5 Å². The van der Waals surface area contributed by atoms with Crippen molar-refractivity contribution in [2.75, 3.05) is 0 Å². The normalized spacial score (nSPS) is 16.5. The Labute approximate surface area is 132 Å². The van der Waals surface area contributed by atoms with E-state index in [9.17, 15) is 13.6 Å². The van der Waals surface area contributed by atoms with E-state index in [1.54, 1.807) is 13.3 Å². The number of halogens is 2. The summed E-state index contributed by atoms with van der Waals surface area (Å²) in [7, 11) is 0. The van der Waals surface area contributed by atoms with Crippen molar-refractivity contribution in [3.63, 3.8) is 0 Å². The number of aromatic nitrogens is 3. The van der Waals surface area contributed by atoms with Crippen LogP contribution in [0, 0.1) is 11.6 Å². The van der Waals surface area contributed by atoms with Crippen molar-refractivity contribution in [3.8, 4) is 0 Å². The molecule has 1 saturated carbocycles. The first-order valence-electron chi connectivity index (χ1n) is 7.71. The lowest BCUT2D eigenvalue weighted by atomic mass is 10.1. The topological polar surface area (TPSA) is 59.8 Å². The van der Waals surface area contributed by atoms with E-state index < -0.39 is 23.6 Å². The molecule has 7 heteroatoms.